The number of carbonyl (C=O) groups excluding carboxylic acids is 3. The number of phenols is 1. The van der Waals surface area contributed by atoms with Gasteiger partial charge in [-0.15, -0.1) is 0 Å². The Morgan fingerprint density at radius 2 is 1.68 bits per heavy atom. The van der Waals surface area contributed by atoms with Crippen molar-refractivity contribution < 1.29 is 39.5 Å². The van der Waals surface area contributed by atoms with Crippen LogP contribution in [0.5, 0.6) is 11.5 Å². The lowest BCUT2D eigenvalue weighted by Crippen LogP contribution is -2.67. The van der Waals surface area contributed by atoms with Gasteiger partial charge in [0.2, 0.25) is 5.78 Å². The van der Waals surface area contributed by atoms with E-state index in [-0.39, 0.29) is 29.2 Å². The van der Waals surface area contributed by atoms with Crippen molar-refractivity contribution in [3.63, 3.8) is 0 Å². The Morgan fingerprint density at radius 1 is 1.02 bits per heavy atom. The minimum atomic E-state index is -2.67. The summed E-state index contributed by atoms with van der Waals surface area (Å²) in [5.74, 6) is -4.80. The summed E-state index contributed by atoms with van der Waals surface area (Å²) in [6.45, 7) is 8.12. The topological polar surface area (TPSA) is 141 Å². The van der Waals surface area contributed by atoms with Gasteiger partial charge in [0, 0.05) is 22.1 Å². The van der Waals surface area contributed by atoms with E-state index in [0.29, 0.717) is 22.1 Å². The van der Waals surface area contributed by atoms with Crippen molar-refractivity contribution >= 4 is 38.9 Å². The molecule has 0 fully saturated rings. The van der Waals surface area contributed by atoms with Crippen LogP contribution in [0.25, 0.3) is 21.5 Å². The third kappa shape index (κ3) is 3.00. The van der Waals surface area contributed by atoms with Crippen LogP contribution in [0.3, 0.4) is 0 Å². The number of aliphatic hydroxyl groups is 3. The molecular formula is C33H32O8. The number of benzene rings is 3. The monoisotopic (exact) mass is 556 g/mol. The fourth-order valence-electron chi connectivity index (χ4n) is 8.25. The Kier molecular flexibility index (Phi) is 5.40. The van der Waals surface area contributed by atoms with Crippen LogP contribution in [0.1, 0.15) is 57.0 Å². The van der Waals surface area contributed by atoms with E-state index < -0.39 is 56.8 Å². The van der Waals surface area contributed by atoms with E-state index in [1.54, 1.807) is 40.9 Å². The first-order valence-corrected chi connectivity index (χ1v) is 13.6. The van der Waals surface area contributed by atoms with Crippen LogP contribution in [-0.4, -0.2) is 50.5 Å². The lowest BCUT2D eigenvalue weighted by molar-refractivity contribution is -0.168. The van der Waals surface area contributed by atoms with E-state index in [4.69, 9.17) is 4.74 Å². The summed E-state index contributed by atoms with van der Waals surface area (Å²) in [7, 11) is 1.56. The number of fused-ring (bicyclic) bond motifs is 5. The van der Waals surface area contributed by atoms with Crippen molar-refractivity contribution in [2.45, 2.75) is 52.1 Å². The van der Waals surface area contributed by atoms with E-state index in [2.05, 4.69) is 0 Å². The van der Waals surface area contributed by atoms with Crippen molar-refractivity contribution in [3.05, 3.63) is 70.2 Å². The van der Waals surface area contributed by atoms with Crippen LogP contribution in [0, 0.1) is 17.3 Å². The van der Waals surface area contributed by atoms with Crippen molar-refractivity contribution in [2.24, 2.45) is 17.3 Å². The second kappa shape index (κ2) is 8.19. The van der Waals surface area contributed by atoms with Gasteiger partial charge in [0.15, 0.2) is 17.2 Å². The second-order valence-electron chi connectivity index (χ2n) is 12.5. The number of phenolic OH excluding ortho intramolecular Hbond substituents is 1. The molecule has 3 aromatic rings. The Hall–Kier alpha value is -4.17. The van der Waals surface area contributed by atoms with Gasteiger partial charge in [-0.3, -0.25) is 14.4 Å². The predicted molar refractivity (Wildman–Crippen MR) is 152 cm³/mol. The Labute approximate surface area is 236 Å². The van der Waals surface area contributed by atoms with E-state index in [9.17, 15) is 34.8 Å². The van der Waals surface area contributed by atoms with Crippen LogP contribution in [0.15, 0.2) is 59.1 Å². The van der Waals surface area contributed by atoms with Gasteiger partial charge < -0.3 is 25.2 Å². The highest BCUT2D eigenvalue weighted by molar-refractivity contribution is 6.28. The Bertz CT molecular complexity index is 1830. The minimum Gasteiger partial charge on any atom is -0.511 e. The van der Waals surface area contributed by atoms with Gasteiger partial charge in [-0.2, -0.15) is 0 Å². The summed E-state index contributed by atoms with van der Waals surface area (Å²) >= 11 is 0. The molecule has 6 rings (SSSR count). The van der Waals surface area contributed by atoms with Gasteiger partial charge in [-0.25, -0.2) is 0 Å². The molecule has 0 saturated heterocycles. The maximum absolute atomic E-state index is 14.3. The quantitative estimate of drug-likeness (QED) is 0.249. The molecule has 3 aliphatic rings. The number of hydrogen-bond acceptors (Lipinski definition) is 8. The second-order valence-corrected chi connectivity index (χ2v) is 12.5. The number of hydrogen-bond donors (Lipinski definition) is 4. The van der Waals surface area contributed by atoms with E-state index in [1.165, 1.54) is 6.07 Å². The molecule has 0 radical (unpaired) electrons. The lowest BCUT2D eigenvalue weighted by atomic mass is 9.44. The van der Waals surface area contributed by atoms with Gasteiger partial charge in [-0.05, 0) is 65.3 Å². The molecule has 41 heavy (non-hydrogen) atoms. The van der Waals surface area contributed by atoms with Gasteiger partial charge in [-0.1, -0.05) is 39.8 Å². The zero-order chi connectivity index (χ0) is 30.0. The normalized spacial score (nSPS) is 29.3. The Balaban J connectivity index is 1.78. The van der Waals surface area contributed by atoms with Crippen LogP contribution in [0.4, 0.5) is 0 Å². The number of rotatable bonds is 3. The van der Waals surface area contributed by atoms with Crippen LogP contribution < -0.4 is 4.74 Å². The number of methoxy groups -OCH3 is 1. The molecule has 3 aliphatic carbocycles. The highest BCUT2D eigenvalue weighted by atomic mass is 16.5. The van der Waals surface area contributed by atoms with Gasteiger partial charge in [0.05, 0.1) is 18.2 Å². The van der Waals surface area contributed by atoms with E-state index >= 15 is 0 Å². The average molecular weight is 557 g/mol. The van der Waals surface area contributed by atoms with E-state index in [1.807, 2.05) is 24.3 Å². The summed E-state index contributed by atoms with van der Waals surface area (Å²) in [5, 5.41) is 49.4. The number of Topliss-reactive ketones (excluding diaryl/α,β-unsaturated/α-hetero) is 3. The number of carbonyl (C=O) groups is 3. The number of aromatic hydroxyl groups is 1. The fourth-order valence-corrected chi connectivity index (χ4v) is 8.25. The van der Waals surface area contributed by atoms with Gasteiger partial charge in [0.1, 0.15) is 28.6 Å². The molecular weight excluding hydrogens is 524 g/mol. The number of ether oxygens (including phenoxy) is 1. The lowest BCUT2D eigenvalue weighted by Gasteiger charge is -2.59. The first kappa shape index (κ1) is 27.0. The number of ketones is 3. The molecule has 212 valence electrons. The van der Waals surface area contributed by atoms with Crippen LogP contribution in [0.2, 0.25) is 0 Å². The standard InChI is InChI=1S/C33H32O8/c1-14(2)25-27(36)22(15(3)34)29(38)33(40)30(39)26-28(37)24-21(35)10-9-19-18-8-7-17(41-6)11-16(18)12-20(23(19)24)31(26,4)13-32(25,33)5/h7-12,14,25,35-36,39-40H,13H2,1-6H3/t25?,31-,32+,33-/m0/s1. The first-order chi connectivity index (χ1) is 19.1. The zero-order valence-corrected chi connectivity index (χ0v) is 23.7. The van der Waals surface area contributed by atoms with Crippen molar-refractivity contribution in [1.82, 2.24) is 0 Å². The molecule has 0 amide bonds. The molecule has 8 heteroatoms. The van der Waals surface area contributed by atoms with Crippen LogP contribution >= 0.6 is 0 Å². The fraction of sp³-hybridized carbons (Fsp3) is 0.364. The molecule has 0 spiro atoms. The third-order valence-corrected chi connectivity index (χ3v) is 9.84. The summed E-state index contributed by atoms with van der Waals surface area (Å²) in [6, 6.07) is 10.6. The van der Waals surface area contributed by atoms with Gasteiger partial charge in [0.25, 0.3) is 0 Å². The summed E-state index contributed by atoms with van der Waals surface area (Å²) in [6.07, 6.45) is -0.0227. The molecule has 0 saturated carbocycles. The molecule has 4 atom stereocenters. The summed E-state index contributed by atoms with van der Waals surface area (Å²) in [5.41, 5.74) is -5.63. The molecule has 0 aromatic heterocycles. The molecule has 8 nitrogen and oxygen atoms in total. The number of aliphatic hydroxyl groups excluding tert-OH is 2. The van der Waals surface area contributed by atoms with Crippen LogP contribution in [-0.2, 0) is 15.0 Å². The van der Waals surface area contributed by atoms with Crippen molar-refractivity contribution in [2.75, 3.05) is 7.11 Å². The molecule has 1 unspecified atom stereocenters. The largest absolute Gasteiger partial charge is 0.511 e. The smallest absolute Gasteiger partial charge is 0.209 e. The molecule has 3 aromatic carbocycles. The van der Waals surface area contributed by atoms with Gasteiger partial charge >= 0.3 is 0 Å². The summed E-state index contributed by atoms with van der Waals surface area (Å²) in [4.78, 5) is 40.8. The predicted octanol–water partition coefficient (Wildman–Crippen LogP) is 5.37. The SMILES string of the molecule is COc1ccc2c(c1)cc1c3c(c(O)ccc32)C(=O)C2=C(O)[C@@]3(O)C(=O)C(C(C)=O)=C(O)C(C(C)C)[C@@]3(C)C[C@]21C. The average Bonchev–Trinajstić information content (AvgIpc) is 2.89. The highest BCUT2D eigenvalue weighted by Gasteiger charge is 2.71. The molecule has 0 bridgehead atoms. The minimum absolute atomic E-state index is 0.0227. The van der Waals surface area contributed by atoms with E-state index in [0.717, 1.165) is 17.7 Å². The first-order valence-electron chi connectivity index (χ1n) is 13.6. The zero-order valence-electron chi connectivity index (χ0n) is 23.7. The molecule has 4 N–H and O–H groups in total. The summed E-state index contributed by atoms with van der Waals surface area (Å²) < 4.78 is 5.45. The molecule has 0 heterocycles. The number of allylic oxidation sites excluding steroid dienone is 2. The Morgan fingerprint density at radius 3 is 2.29 bits per heavy atom. The third-order valence-electron chi connectivity index (χ3n) is 9.84. The molecule has 0 aliphatic heterocycles. The highest BCUT2D eigenvalue weighted by Crippen LogP contribution is 2.65. The van der Waals surface area contributed by atoms with Crippen molar-refractivity contribution in [3.8, 4) is 11.5 Å². The van der Waals surface area contributed by atoms with Crippen molar-refractivity contribution in [1.29, 1.82) is 0 Å². The maximum Gasteiger partial charge on any atom is 0.209 e. The maximum atomic E-state index is 14.3.